The molecule has 0 aliphatic carbocycles. The van der Waals surface area contributed by atoms with E-state index in [2.05, 4.69) is 18.7 Å². The Kier molecular flexibility index (Phi) is 5.77. The van der Waals surface area contributed by atoms with Crippen molar-refractivity contribution in [3.8, 4) is 0 Å². The van der Waals surface area contributed by atoms with Gasteiger partial charge in [0.15, 0.2) is 0 Å². The van der Waals surface area contributed by atoms with E-state index in [0.717, 1.165) is 39.0 Å². The van der Waals surface area contributed by atoms with Gasteiger partial charge in [0.2, 0.25) is 5.91 Å². The van der Waals surface area contributed by atoms with E-state index in [0.29, 0.717) is 24.9 Å². The SMILES string of the molecule is CCN1CCN(C(=O)CCCCN)CC1C. The van der Waals surface area contributed by atoms with Crippen molar-refractivity contribution in [2.24, 2.45) is 5.73 Å². The average molecular weight is 227 g/mol. The van der Waals surface area contributed by atoms with Gasteiger partial charge in [-0.15, -0.1) is 0 Å². The zero-order valence-electron chi connectivity index (χ0n) is 10.6. The Morgan fingerprint density at radius 3 is 2.69 bits per heavy atom. The molecule has 2 N–H and O–H groups in total. The molecule has 1 amide bonds. The van der Waals surface area contributed by atoms with Crippen LogP contribution in [-0.2, 0) is 4.79 Å². The van der Waals surface area contributed by atoms with E-state index >= 15 is 0 Å². The number of hydrogen-bond acceptors (Lipinski definition) is 3. The number of rotatable bonds is 5. The summed E-state index contributed by atoms with van der Waals surface area (Å²) < 4.78 is 0. The van der Waals surface area contributed by atoms with E-state index in [9.17, 15) is 4.79 Å². The number of likely N-dealkylation sites (N-methyl/N-ethyl adjacent to an activating group) is 1. The number of carbonyl (C=O) groups is 1. The minimum atomic E-state index is 0.302. The van der Waals surface area contributed by atoms with Crippen molar-refractivity contribution in [3.63, 3.8) is 0 Å². The molecule has 1 saturated heterocycles. The minimum absolute atomic E-state index is 0.302. The summed E-state index contributed by atoms with van der Waals surface area (Å²) in [5.74, 6) is 0.302. The van der Waals surface area contributed by atoms with E-state index in [-0.39, 0.29) is 0 Å². The van der Waals surface area contributed by atoms with Crippen LogP contribution < -0.4 is 5.73 Å². The van der Waals surface area contributed by atoms with Gasteiger partial charge in [-0.25, -0.2) is 0 Å². The molecule has 1 unspecified atom stereocenters. The third-order valence-corrected chi connectivity index (χ3v) is 3.37. The van der Waals surface area contributed by atoms with E-state index in [1.807, 2.05) is 4.90 Å². The molecule has 0 bridgehead atoms. The third kappa shape index (κ3) is 3.76. The standard InChI is InChI=1S/C12H25N3O/c1-3-14-8-9-15(10-11(14)2)12(16)6-4-5-7-13/h11H,3-10,13H2,1-2H3. The van der Waals surface area contributed by atoms with Crippen LogP contribution in [-0.4, -0.2) is 54.5 Å². The first-order valence-electron chi connectivity index (χ1n) is 6.41. The molecule has 0 aromatic rings. The lowest BCUT2D eigenvalue weighted by atomic mass is 10.1. The van der Waals surface area contributed by atoms with Crippen LogP contribution in [0.2, 0.25) is 0 Å². The molecule has 16 heavy (non-hydrogen) atoms. The van der Waals surface area contributed by atoms with Crippen LogP contribution >= 0.6 is 0 Å². The van der Waals surface area contributed by atoms with Crippen molar-refractivity contribution in [2.75, 3.05) is 32.7 Å². The van der Waals surface area contributed by atoms with E-state index in [1.165, 1.54) is 0 Å². The topological polar surface area (TPSA) is 49.6 Å². The monoisotopic (exact) mass is 227 g/mol. The van der Waals surface area contributed by atoms with Crippen molar-refractivity contribution in [3.05, 3.63) is 0 Å². The van der Waals surface area contributed by atoms with E-state index in [1.54, 1.807) is 0 Å². The summed E-state index contributed by atoms with van der Waals surface area (Å²) in [5.41, 5.74) is 5.42. The Bertz CT molecular complexity index is 220. The molecular weight excluding hydrogens is 202 g/mol. The lowest BCUT2D eigenvalue weighted by molar-refractivity contribution is -0.134. The largest absolute Gasteiger partial charge is 0.340 e. The Morgan fingerprint density at radius 1 is 1.38 bits per heavy atom. The molecule has 0 aromatic heterocycles. The molecule has 1 heterocycles. The Balaban J connectivity index is 2.30. The molecule has 0 radical (unpaired) electrons. The number of amides is 1. The maximum absolute atomic E-state index is 11.9. The highest BCUT2D eigenvalue weighted by atomic mass is 16.2. The van der Waals surface area contributed by atoms with Crippen LogP contribution in [0.15, 0.2) is 0 Å². The average Bonchev–Trinajstić information content (AvgIpc) is 2.29. The molecule has 1 atom stereocenters. The predicted octanol–water partition coefficient (Wildman–Crippen LogP) is 0.668. The predicted molar refractivity (Wildman–Crippen MR) is 66.2 cm³/mol. The Hall–Kier alpha value is -0.610. The van der Waals surface area contributed by atoms with Gasteiger partial charge in [-0.2, -0.15) is 0 Å². The molecule has 1 aliphatic rings. The third-order valence-electron chi connectivity index (χ3n) is 3.37. The lowest BCUT2D eigenvalue weighted by Gasteiger charge is -2.39. The lowest BCUT2D eigenvalue weighted by Crippen LogP contribution is -2.53. The second kappa shape index (κ2) is 6.86. The molecule has 1 fully saturated rings. The highest BCUT2D eigenvalue weighted by Crippen LogP contribution is 2.11. The fraction of sp³-hybridized carbons (Fsp3) is 0.917. The number of nitrogens with two attached hydrogens (primary N) is 1. The number of piperazine rings is 1. The van der Waals surface area contributed by atoms with Crippen molar-refractivity contribution >= 4 is 5.91 Å². The van der Waals surface area contributed by atoms with Crippen LogP contribution in [0, 0.1) is 0 Å². The molecule has 94 valence electrons. The van der Waals surface area contributed by atoms with Gasteiger partial charge in [0.05, 0.1) is 0 Å². The normalized spacial score (nSPS) is 22.4. The molecular formula is C12H25N3O. The quantitative estimate of drug-likeness (QED) is 0.702. The Morgan fingerprint density at radius 2 is 2.12 bits per heavy atom. The number of carbonyl (C=O) groups excluding carboxylic acids is 1. The molecule has 0 saturated carbocycles. The fourth-order valence-corrected chi connectivity index (χ4v) is 2.27. The summed E-state index contributed by atoms with van der Waals surface area (Å²) in [6.07, 6.45) is 2.55. The summed E-state index contributed by atoms with van der Waals surface area (Å²) in [7, 11) is 0. The van der Waals surface area contributed by atoms with Gasteiger partial charge in [-0.3, -0.25) is 9.69 Å². The number of unbranched alkanes of at least 4 members (excludes halogenated alkanes) is 1. The van der Waals surface area contributed by atoms with Crippen LogP contribution in [0.3, 0.4) is 0 Å². The first kappa shape index (κ1) is 13.5. The summed E-state index contributed by atoms with van der Waals surface area (Å²) in [6, 6.07) is 0.497. The van der Waals surface area contributed by atoms with Crippen molar-refractivity contribution < 1.29 is 4.79 Å². The smallest absolute Gasteiger partial charge is 0.222 e. The highest BCUT2D eigenvalue weighted by molar-refractivity contribution is 5.76. The van der Waals surface area contributed by atoms with Gasteiger partial charge in [0.25, 0.3) is 0 Å². The second-order valence-corrected chi connectivity index (χ2v) is 4.56. The second-order valence-electron chi connectivity index (χ2n) is 4.56. The highest BCUT2D eigenvalue weighted by Gasteiger charge is 2.24. The van der Waals surface area contributed by atoms with Gasteiger partial charge >= 0.3 is 0 Å². The van der Waals surface area contributed by atoms with Crippen molar-refractivity contribution in [2.45, 2.75) is 39.2 Å². The molecule has 0 spiro atoms. The number of hydrogen-bond donors (Lipinski definition) is 1. The molecule has 4 heteroatoms. The van der Waals surface area contributed by atoms with Gasteiger partial charge < -0.3 is 10.6 Å². The van der Waals surface area contributed by atoms with Crippen molar-refractivity contribution in [1.82, 2.24) is 9.80 Å². The van der Waals surface area contributed by atoms with Gasteiger partial charge in [-0.1, -0.05) is 6.92 Å². The maximum atomic E-state index is 11.9. The van der Waals surface area contributed by atoms with Crippen molar-refractivity contribution in [1.29, 1.82) is 0 Å². The summed E-state index contributed by atoms with van der Waals surface area (Å²) in [4.78, 5) is 16.3. The first-order valence-corrected chi connectivity index (χ1v) is 6.41. The number of nitrogens with zero attached hydrogens (tertiary/aromatic N) is 2. The minimum Gasteiger partial charge on any atom is -0.340 e. The fourth-order valence-electron chi connectivity index (χ4n) is 2.27. The first-order chi connectivity index (χ1) is 7.69. The molecule has 4 nitrogen and oxygen atoms in total. The summed E-state index contributed by atoms with van der Waals surface area (Å²) in [6.45, 7) is 8.93. The summed E-state index contributed by atoms with van der Waals surface area (Å²) >= 11 is 0. The Labute approximate surface area is 98.8 Å². The van der Waals surface area contributed by atoms with Crippen LogP contribution in [0.5, 0.6) is 0 Å². The van der Waals surface area contributed by atoms with Crippen LogP contribution in [0.1, 0.15) is 33.1 Å². The van der Waals surface area contributed by atoms with E-state index in [4.69, 9.17) is 5.73 Å². The van der Waals surface area contributed by atoms with Gasteiger partial charge in [0.1, 0.15) is 0 Å². The maximum Gasteiger partial charge on any atom is 0.222 e. The zero-order chi connectivity index (χ0) is 12.0. The summed E-state index contributed by atoms with van der Waals surface area (Å²) in [5, 5.41) is 0. The van der Waals surface area contributed by atoms with E-state index < -0.39 is 0 Å². The van der Waals surface area contributed by atoms with Gasteiger partial charge in [0, 0.05) is 32.1 Å². The molecule has 0 aromatic carbocycles. The van der Waals surface area contributed by atoms with Crippen LogP contribution in [0.4, 0.5) is 0 Å². The molecule has 1 rings (SSSR count). The zero-order valence-corrected chi connectivity index (χ0v) is 10.6. The van der Waals surface area contributed by atoms with Crippen LogP contribution in [0.25, 0.3) is 0 Å². The van der Waals surface area contributed by atoms with Gasteiger partial charge in [-0.05, 0) is 32.9 Å². The molecule has 1 aliphatic heterocycles.